The first-order chi connectivity index (χ1) is 32.1. The monoisotopic (exact) mass is 944 g/mol. The summed E-state index contributed by atoms with van der Waals surface area (Å²) in [5.74, 6) is -4.47. The fourth-order valence-electron chi connectivity index (χ4n) is 7.91. The lowest BCUT2D eigenvalue weighted by molar-refractivity contribution is -0.151. The molecule has 3 heterocycles. The molecular formula is C46H53FN8O11S. The van der Waals surface area contributed by atoms with Crippen LogP contribution in [0.1, 0.15) is 73.0 Å². The average molecular weight is 945 g/mol. The van der Waals surface area contributed by atoms with Crippen LogP contribution in [0.25, 0.3) is 10.9 Å². The summed E-state index contributed by atoms with van der Waals surface area (Å²) in [7, 11) is 0. The molecule has 2 aromatic carbocycles. The number of carbonyl (C=O) groups excluding carboxylic acids is 6. The first kappa shape index (κ1) is 49.2. The quantitative estimate of drug-likeness (QED) is 0.0312. The number of benzene rings is 2. The van der Waals surface area contributed by atoms with E-state index in [0.717, 1.165) is 6.07 Å². The van der Waals surface area contributed by atoms with Crippen LogP contribution in [0.15, 0.2) is 76.9 Å². The number of primary amides is 1. The Hall–Kier alpha value is -7.29. The van der Waals surface area contributed by atoms with Gasteiger partial charge in [0.1, 0.15) is 36.1 Å². The molecular weight excluding hydrogens is 892 g/mol. The molecule has 7 N–H and O–H groups in total. The van der Waals surface area contributed by atoms with Crippen molar-refractivity contribution >= 4 is 75.4 Å². The van der Waals surface area contributed by atoms with Gasteiger partial charge in [0, 0.05) is 56.5 Å². The number of ether oxygens (including phenoxy) is 2. The molecule has 356 valence electrons. The van der Waals surface area contributed by atoms with Crippen molar-refractivity contribution in [3.05, 3.63) is 105 Å². The second-order valence-corrected chi connectivity index (χ2v) is 16.9. The predicted molar refractivity (Wildman–Crippen MR) is 246 cm³/mol. The number of fused-ring (bicyclic) bond motifs is 1. The number of carbonyl (C=O) groups is 7. The summed E-state index contributed by atoms with van der Waals surface area (Å²) in [6.45, 7) is 6.65. The smallest absolute Gasteiger partial charge is 0.410 e. The summed E-state index contributed by atoms with van der Waals surface area (Å²) in [6, 6.07) is 8.18. The minimum atomic E-state index is -1.50. The van der Waals surface area contributed by atoms with Crippen LogP contribution in [0.5, 0.6) is 0 Å². The number of hydrogen-bond donors (Lipinski definition) is 6. The number of pyridine rings is 1. The molecule has 1 aliphatic heterocycles. The molecule has 0 bridgehead atoms. The maximum Gasteiger partial charge on any atom is 0.410 e. The number of carboxylic acids is 1. The maximum atomic E-state index is 15.4. The number of aromatic carboxylic acids is 1. The van der Waals surface area contributed by atoms with Crippen molar-refractivity contribution in [2.45, 2.75) is 70.7 Å². The molecule has 1 saturated carbocycles. The van der Waals surface area contributed by atoms with Crippen LogP contribution in [0, 0.1) is 11.2 Å². The van der Waals surface area contributed by atoms with Gasteiger partial charge in [-0.1, -0.05) is 31.2 Å². The van der Waals surface area contributed by atoms with Gasteiger partial charge < -0.3 is 55.9 Å². The molecule has 6 amide bonds. The van der Waals surface area contributed by atoms with Crippen molar-refractivity contribution in [2.75, 3.05) is 49.5 Å². The van der Waals surface area contributed by atoms with Crippen molar-refractivity contribution < 1.29 is 52.5 Å². The Labute approximate surface area is 388 Å². The highest BCUT2D eigenvalue weighted by Gasteiger charge is 2.52. The number of amides is 6. The number of anilines is 2. The topological polar surface area (TPSA) is 261 Å². The molecule has 1 saturated heterocycles. The third-order valence-corrected chi connectivity index (χ3v) is 12.5. The number of carboxylic acid groups (broad SMARTS) is 1. The zero-order valence-electron chi connectivity index (χ0n) is 36.8. The molecule has 1 aliphatic carbocycles. The normalized spacial score (nSPS) is 15.0. The lowest BCUT2D eigenvalue weighted by Crippen LogP contribution is -2.59. The SMILES string of the molecule is C=CCOC(=O)CC(NC(=O)C1(C(=O)NC(CCCNC(N)=O)C(=O)Nc2ccc(COC(=O)N3CCN(c4cc5c(cc4F)c(=O)c(C(=O)O)cn5CC)CC3)cc2)CCC1)c1ccsc1. The molecule has 4 aromatic rings. The van der Waals surface area contributed by atoms with Crippen molar-refractivity contribution in [1.29, 1.82) is 0 Å². The van der Waals surface area contributed by atoms with Crippen molar-refractivity contribution in [2.24, 2.45) is 11.1 Å². The first-order valence-electron chi connectivity index (χ1n) is 21.7. The van der Waals surface area contributed by atoms with Gasteiger partial charge in [0.05, 0.1) is 23.7 Å². The largest absolute Gasteiger partial charge is 0.477 e. The van der Waals surface area contributed by atoms with Crippen molar-refractivity contribution in [3.63, 3.8) is 0 Å². The Bertz CT molecular complexity index is 2560. The fourth-order valence-corrected chi connectivity index (χ4v) is 8.62. The van der Waals surface area contributed by atoms with Gasteiger partial charge in [-0.2, -0.15) is 11.3 Å². The van der Waals surface area contributed by atoms with Crippen LogP contribution in [0.2, 0.25) is 0 Å². The standard InChI is InChI=1S/C46H53FN8O11S/c1-3-20-65-38(56)23-35(29-12-21-67-27-29)52-43(62)46(13-6-14-46)42(61)51-34(7-5-15-49-44(48)63)40(58)50-30-10-8-28(9-11-30)26-66-45(64)55-18-16-54(17-19-55)37-24-36-31(22-33(37)47)39(57)32(41(59)60)25-53(36)4-2/h3,8-12,21-22,24-25,27,34-35H,1,4-7,13-20,23,26H2,2H3,(H,50,58)(H,51,61)(H,52,62)(H,59,60)(H3,48,49,63). The van der Waals surface area contributed by atoms with E-state index in [0.29, 0.717) is 35.3 Å². The summed E-state index contributed by atoms with van der Waals surface area (Å²) in [6.07, 6.45) is 3.28. The molecule has 67 heavy (non-hydrogen) atoms. The number of nitrogens with two attached hydrogens (primary N) is 1. The molecule has 21 heteroatoms. The van der Waals surface area contributed by atoms with E-state index in [4.69, 9.17) is 15.2 Å². The minimum Gasteiger partial charge on any atom is -0.477 e. The van der Waals surface area contributed by atoms with Gasteiger partial charge >= 0.3 is 24.1 Å². The van der Waals surface area contributed by atoms with E-state index in [9.17, 15) is 43.5 Å². The first-order valence-corrected chi connectivity index (χ1v) is 22.7. The van der Waals surface area contributed by atoms with Gasteiger partial charge in [-0.05, 0) is 84.8 Å². The Morgan fingerprint density at radius 3 is 2.33 bits per heavy atom. The zero-order chi connectivity index (χ0) is 48.3. The Kier molecular flexibility index (Phi) is 16.3. The van der Waals surface area contributed by atoms with E-state index in [-0.39, 0.29) is 89.1 Å². The second-order valence-electron chi connectivity index (χ2n) is 16.2. The third kappa shape index (κ3) is 11.9. The number of halogens is 1. The molecule has 6 rings (SSSR count). The van der Waals surface area contributed by atoms with Crippen LogP contribution < -0.4 is 37.3 Å². The molecule has 2 fully saturated rings. The number of aromatic nitrogens is 1. The zero-order valence-corrected chi connectivity index (χ0v) is 37.7. The predicted octanol–water partition coefficient (Wildman–Crippen LogP) is 4.40. The average Bonchev–Trinajstić information content (AvgIpc) is 3.84. The van der Waals surface area contributed by atoms with Crippen molar-refractivity contribution in [1.82, 2.24) is 25.4 Å². The van der Waals surface area contributed by atoms with Gasteiger partial charge in [-0.3, -0.25) is 24.0 Å². The Morgan fingerprint density at radius 1 is 1.00 bits per heavy atom. The maximum absolute atomic E-state index is 15.4. The minimum absolute atomic E-state index is 0.00366. The number of nitrogens with zero attached hydrogens (tertiary/aromatic N) is 3. The summed E-state index contributed by atoms with van der Waals surface area (Å²) in [4.78, 5) is 106. The highest BCUT2D eigenvalue weighted by Crippen LogP contribution is 2.42. The lowest BCUT2D eigenvalue weighted by Gasteiger charge is -2.40. The van der Waals surface area contributed by atoms with E-state index in [1.807, 2.05) is 0 Å². The Balaban J connectivity index is 1.04. The van der Waals surface area contributed by atoms with Crippen LogP contribution in [0.3, 0.4) is 0 Å². The number of esters is 1. The van der Waals surface area contributed by atoms with Gasteiger partial charge in [0.2, 0.25) is 23.2 Å². The fraction of sp³-hybridized carbons (Fsp3) is 0.391. The van der Waals surface area contributed by atoms with Gasteiger partial charge in [-0.25, -0.2) is 18.8 Å². The number of piperazine rings is 1. The number of aryl methyl sites for hydroxylation is 1. The van der Waals surface area contributed by atoms with E-state index >= 15 is 4.39 Å². The van der Waals surface area contributed by atoms with E-state index < -0.39 is 76.1 Å². The Morgan fingerprint density at radius 2 is 1.72 bits per heavy atom. The van der Waals surface area contributed by atoms with Crippen LogP contribution in [-0.4, -0.2) is 102 Å². The summed E-state index contributed by atoms with van der Waals surface area (Å²) in [5, 5.41) is 23.9. The molecule has 2 unspecified atom stereocenters. The van der Waals surface area contributed by atoms with Gasteiger partial charge in [0.25, 0.3) is 0 Å². The molecule has 0 spiro atoms. The number of rotatable bonds is 20. The van der Waals surface area contributed by atoms with Crippen LogP contribution in [-0.2, 0) is 41.8 Å². The van der Waals surface area contributed by atoms with E-state index in [1.54, 1.807) is 57.5 Å². The summed E-state index contributed by atoms with van der Waals surface area (Å²) >= 11 is 1.38. The summed E-state index contributed by atoms with van der Waals surface area (Å²) < 4.78 is 27.7. The van der Waals surface area contributed by atoms with Gasteiger partial charge in [-0.15, -0.1) is 0 Å². The van der Waals surface area contributed by atoms with E-state index in [1.165, 1.54) is 34.6 Å². The highest BCUT2D eigenvalue weighted by molar-refractivity contribution is 7.08. The molecule has 2 aliphatic rings. The number of thiophene rings is 1. The number of urea groups is 1. The van der Waals surface area contributed by atoms with Crippen LogP contribution >= 0.6 is 11.3 Å². The van der Waals surface area contributed by atoms with Gasteiger partial charge in [0.15, 0.2) is 0 Å². The highest BCUT2D eigenvalue weighted by atomic mass is 32.1. The number of hydrogen-bond acceptors (Lipinski definition) is 12. The lowest BCUT2D eigenvalue weighted by atomic mass is 9.67. The number of nitrogens with one attached hydrogen (secondary N) is 4. The molecule has 19 nitrogen and oxygen atoms in total. The molecule has 0 radical (unpaired) electrons. The van der Waals surface area contributed by atoms with Crippen molar-refractivity contribution in [3.8, 4) is 0 Å². The third-order valence-electron chi connectivity index (χ3n) is 11.8. The molecule has 2 atom stereocenters. The second kappa shape index (κ2) is 22.3. The molecule has 2 aromatic heterocycles. The summed E-state index contributed by atoms with van der Waals surface area (Å²) in [5.41, 5.74) is 4.75. The van der Waals surface area contributed by atoms with E-state index in [2.05, 4.69) is 27.8 Å². The van der Waals surface area contributed by atoms with Crippen LogP contribution in [0.4, 0.5) is 25.4 Å².